The molecule has 5 rings (SSSR count). The number of halogens is 1. The number of pyridine rings is 1. The van der Waals surface area contributed by atoms with Gasteiger partial charge in [0.25, 0.3) is 0 Å². The molecule has 2 fully saturated rings. The summed E-state index contributed by atoms with van der Waals surface area (Å²) in [4.78, 5) is 33.6. The van der Waals surface area contributed by atoms with Gasteiger partial charge in [0.1, 0.15) is 0 Å². The lowest BCUT2D eigenvalue weighted by Gasteiger charge is -2.50. The van der Waals surface area contributed by atoms with E-state index in [1.807, 2.05) is 24.3 Å². The fraction of sp³-hybridized carbons (Fsp3) is 0.480. The Balaban J connectivity index is 1.56. The molecule has 3 heterocycles. The zero-order chi connectivity index (χ0) is 23.1. The largest absolute Gasteiger partial charge is 0.469 e. The zero-order valence-corrected chi connectivity index (χ0v) is 18.6. The third-order valence-corrected chi connectivity index (χ3v) is 7.56. The van der Waals surface area contributed by atoms with Gasteiger partial charge >= 0.3 is 5.97 Å². The molecule has 0 unspecified atom stereocenters. The number of carbonyl (C=O) groups is 2. The normalized spacial score (nSPS) is 29.8. The lowest BCUT2D eigenvalue weighted by Crippen LogP contribution is -2.53. The first kappa shape index (κ1) is 22.0. The number of methoxy groups -OCH3 is 1. The Labute approximate surface area is 192 Å². The number of aliphatic hydroxyl groups excluding tert-OH is 1. The highest BCUT2D eigenvalue weighted by molar-refractivity contribution is 6.01. The van der Waals surface area contributed by atoms with E-state index in [4.69, 9.17) is 4.74 Å². The van der Waals surface area contributed by atoms with E-state index in [-0.39, 0.29) is 29.8 Å². The molecule has 174 valence electrons. The molecule has 1 aromatic carbocycles. The van der Waals surface area contributed by atoms with Crippen LogP contribution in [0.25, 0.3) is 0 Å². The van der Waals surface area contributed by atoms with Crippen LogP contribution >= 0.6 is 0 Å². The van der Waals surface area contributed by atoms with Gasteiger partial charge in [0.15, 0.2) is 0 Å². The van der Waals surface area contributed by atoms with Crippen LogP contribution < -0.4 is 4.90 Å². The SMILES string of the molecule is COC(=O)[C@@H]1[C@H]2C[C@H]3c4ccccc4N(c4ccc(F)nc4)C(=O)CCN3C[C@@H]2CC[C@@H]1O. The van der Waals surface area contributed by atoms with E-state index in [1.165, 1.54) is 19.4 Å². The van der Waals surface area contributed by atoms with Gasteiger partial charge in [-0.15, -0.1) is 0 Å². The molecule has 0 radical (unpaired) electrons. The van der Waals surface area contributed by atoms with Crippen molar-refractivity contribution in [1.82, 2.24) is 9.88 Å². The molecular weight excluding hydrogens is 425 g/mol. The summed E-state index contributed by atoms with van der Waals surface area (Å²) in [6, 6.07) is 10.6. The third kappa shape index (κ3) is 3.91. The lowest BCUT2D eigenvalue weighted by atomic mass is 9.65. The summed E-state index contributed by atoms with van der Waals surface area (Å²) in [5, 5.41) is 10.6. The summed E-state index contributed by atoms with van der Waals surface area (Å²) < 4.78 is 18.5. The van der Waals surface area contributed by atoms with Crippen molar-refractivity contribution in [2.45, 2.75) is 37.8 Å². The highest BCUT2D eigenvalue weighted by Crippen LogP contribution is 2.49. The third-order valence-electron chi connectivity index (χ3n) is 7.56. The minimum Gasteiger partial charge on any atom is -0.469 e. The lowest BCUT2D eigenvalue weighted by molar-refractivity contribution is -0.160. The van der Waals surface area contributed by atoms with E-state index in [0.29, 0.717) is 31.5 Å². The van der Waals surface area contributed by atoms with Crippen LogP contribution in [0, 0.1) is 23.7 Å². The van der Waals surface area contributed by atoms with Crippen LogP contribution in [0.4, 0.5) is 15.8 Å². The van der Waals surface area contributed by atoms with Gasteiger partial charge < -0.3 is 9.84 Å². The predicted octanol–water partition coefficient (Wildman–Crippen LogP) is 3.21. The number of fused-ring (bicyclic) bond motifs is 4. The van der Waals surface area contributed by atoms with E-state index in [0.717, 1.165) is 24.2 Å². The number of piperidine rings is 1. The average Bonchev–Trinajstić information content (AvgIpc) is 2.82. The molecule has 1 saturated heterocycles. The number of para-hydroxylation sites is 1. The molecule has 1 aliphatic carbocycles. The van der Waals surface area contributed by atoms with Crippen molar-refractivity contribution in [3.8, 4) is 0 Å². The second-order valence-corrected chi connectivity index (χ2v) is 9.24. The molecule has 1 saturated carbocycles. The molecule has 0 spiro atoms. The molecule has 2 aliphatic heterocycles. The fourth-order valence-corrected chi connectivity index (χ4v) is 6.04. The highest BCUT2D eigenvalue weighted by Gasteiger charge is 2.49. The highest BCUT2D eigenvalue weighted by atomic mass is 19.1. The zero-order valence-electron chi connectivity index (χ0n) is 18.6. The van der Waals surface area contributed by atoms with Crippen molar-refractivity contribution in [3.63, 3.8) is 0 Å². The van der Waals surface area contributed by atoms with Crippen molar-refractivity contribution < 1.29 is 23.8 Å². The number of amides is 1. The van der Waals surface area contributed by atoms with Crippen LogP contribution in [0.1, 0.15) is 37.3 Å². The van der Waals surface area contributed by atoms with Crippen LogP contribution in [0.3, 0.4) is 0 Å². The van der Waals surface area contributed by atoms with Crippen molar-refractivity contribution in [2.24, 2.45) is 17.8 Å². The van der Waals surface area contributed by atoms with E-state index in [9.17, 15) is 19.1 Å². The summed E-state index contributed by atoms with van der Waals surface area (Å²) in [6.07, 6.45) is 3.14. The summed E-state index contributed by atoms with van der Waals surface area (Å²) >= 11 is 0. The van der Waals surface area contributed by atoms with Crippen LogP contribution in [0.2, 0.25) is 0 Å². The number of hydrogen-bond donors (Lipinski definition) is 1. The maximum atomic E-state index is 13.5. The number of rotatable bonds is 2. The predicted molar refractivity (Wildman–Crippen MR) is 119 cm³/mol. The molecule has 33 heavy (non-hydrogen) atoms. The molecule has 1 amide bonds. The van der Waals surface area contributed by atoms with Crippen molar-refractivity contribution >= 4 is 23.3 Å². The Morgan fingerprint density at radius 1 is 1.21 bits per heavy atom. The van der Waals surface area contributed by atoms with Gasteiger partial charge in [0.05, 0.1) is 36.7 Å². The molecule has 0 bridgehead atoms. The quantitative estimate of drug-likeness (QED) is 0.556. The second kappa shape index (κ2) is 8.83. The number of esters is 1. The molecule has 1 aromatic heterocycles. The van der Waals surface area contributed by atoms with Gasteiger partial charge in [-0.25, -0.2) is 4.98 Å². The Bertz CT molecular complexity index is 1050. The Morgan fingerprint density at radius 3 is 2.79 bits per heavy atom. The van der Waals surface area contributed by atoms with Gasteiger partial charge in [0.2, 0.25) is 11.9 Å². The number of carbonyl (C=O) groups excluding carboxylic acids is 2. The average molecular weight is 454 g/mol. The number of aromatic nitrogens is 1. The fourth-order valence-electron chi connectivity index (χ4n) is 6.04. The number of nitrogens with zero attached hydrogens (tertiary/aromatic N) is 3. The van der Waals surface area contributed by atoms with Crippen molar-refractivity contribution in [1.29, 1.82) is 0 Å². The Morgan fingerprint density at radius 2 is 2.03 bits per heavy atom. The first-order valence-corrected chi connectivity index (χ1v) is 11.5. The molecular formula is C25H28FN3O4. The molecule has 8 heteroatoms. The van der Waals surface area contributed by atoms with Gasteiger partial charge in [-0.2, -0.15) is 4.39 Å². The van der Waals surface area contributed by atoms with Gasteiger partial charge in [-0.1, -0.05) is 18.2 Å². The minimum absolute atomic E-state index is 0.00609. The van der Waals surface area contributed by atoms with Gasteiger partial charge in [0, 0.05) is 25.6 Å². The van der Waals surface area contributed by atoms with Gasteiger partial charge in [-0.3, -0.25) is 19.4 Å². The second-order valence-electron chi connectivity index (χ2n) is 9.24. The van der Waals surface area contributed by atoms with E-state index < -0.39 is 18.0 Å². The maximum absolute atomic E-state index is 13.5. The summed E-state index contributed by atoms with van der Waals surface area (Å²) in [6.45, 7) is 1.37. The summed E-state index contributed by atoms with van der Waals surface area (Å²) in [5.74, 6) is -1.27. The first-order valence-electron chi connectivity index (χ1n) is 11.5. The maximum Gasteiger partial charge on any atom is 0.311 e. The Hall–Kier alpha value is -2.84. The summed E-state index contributed by atoms with van der Waals surface area (Å²) in [7, 11) is 1.37. The number of hydrogen-bond acceptors (Lipinski definition) is 6. The van der Waals surface area contributed by atoms with E-state index in [2.05, 4.69) is 9.88 Å². The smallest absolute Gasteiger partial charge is 0.311 e. The summed E-state index contributed by atoms with van der Waals surface area (Å²) in [5.41, 5.74) is 2.25. The molecule has 1 N–H and O–H groups in total. The Kier molecular flexibility index (Phi) is 5.88. The number of benzene rings is 1. The molecule has 2 aromatic rings. The number of anilines is 2. The van der Waals surface area contributed by atoms with Crippen LogP contribution in [0.15, 0.2) is 42.6 Å². The van der Waals surface area contributed by atoms with Crippen LogP contribution in [-0.4, -0.2) is 53.2 Å². The monoisotopic (exact) mass is 453 g/mol. The molecule has 7 nitrogen and oxygen atoms in total. The topological polar surface area (TPSA) is 83.0 Å². The van der Waals surface area contributed by atoms with E-state index in [1.54, 1.807) is 11.0 Å². The minimum atomic E-state index is -0.697. The van der Waals surface area contributed by atoms with Crippen molar-refractivity contribution in [2.75, 3.05) is 25.1 Å². The van der Waals surface area contributed by atoms with Crippen molar-refractivity contribution in [3.05, 3.63) is 54.1 Å². The first-order chi connectivity index (χ1) is 16.0. The van der Waals surface area contributed by atoms with E-state index >= 15 is 0 Å². The number of ether oxygens (including phenoxy) is 1. The number of aliphatic hydroxyl groups is 1. The van der Waals surface area contributed by atoms with Gasteiger partial charge in [-0.05, 0) is 54.9 Å². The van der Waals surface area contributed by atoms with Crippen LogP contribution in [0.5, 0.6) is 0 Å². The molecule has 3 aliphatic rings. The molecule has 5 atom stereocenters. The standard InChI is InChI=1S/C25H28FN3O4/c1-33-25(32)24-18-12-20-17-4-2-3-5-19(17)29(16-7-9-22(26)27-13-16)23(31)10-11-28(20)14-15(18)6-8-21(24)30/h2-5,7,9,13,15,18,20-21,24,30H,6,8,10-12,14H2,1H3/t15-,18-,20-,21-,24+/m0/s1. The van der Waals surface area contributed by atoms with Crippen LogP contribution in [-0.2, 0) is 14.3 Å².